The van der Waals surface area contributed by atoms with Gasteiger partial charge in [0, 0.05) is 18.6 Å². The Hall–Kier alpha value is -2.07. The van der Waals surface area contributed by atoms with E-state index in [9.17, 15) is 9.18 Å². The van der Waals surface area contributed by atoms with Crippen molar-refractivity contribution in [3.63, 3.8) is 0 Å². The third kappa shape index (κ3) is 5.25. The first kappa shape index (κ1) is 17.3. The summed E-state index contributed by atoms with van der Waals surface area (Å²) in [5, 5.41) is 0.672. The molecule has 0 saturated heterocycles. The zero-order chi connectivity index (χ0) is 16.7. The molecule has 0 fully saturated rings. The molecule has 23 heavy (non-hydrogen) atoms. The van der Waals surface area contributed by atoms with Crippen LogP contribution in [-0.4, -0.2) is 31.0 Å². The van der Waals surface area contributed by atoms with Gasteiger partial charge in [0.1, 0.15) is 11.6 Å². The van der Waals surface area contributed by atoms with Crippen LogP contribution in [0.1, 0.15) is 23.2 Å². The Bertz CT molecular complexity index is 646. The number of carbonyl (C=O) groups excluding carboxylic acids is 1. The number of hydrogen-bond donors (Lipinski definition) is 0. The fourth-order valence-corrected chi connectivity index (χ4v) is 2.24. The van der Waals surface area contributed by atoms with E-state index in [4.69, 9.17) is 16.3 Å². The fraction of sp³-hybridized carbons (Fsp3) is 0.278. The molecule has 2 aromatic rings. The van der Waals surface area contributed by atoms with Gasteiger partial charge in [-0.2, -0.15) is 0 Å². The minimum absolute atomic E-state index is 0.104. The van der Waals surface area contributed by atoms with Crippen LogP contribution in [0.5, 0.6) is 5.75 Å². The van der Waals surface area contributed by atoms with Crippen LogP contribution in [0.2, 0.25) is 5.02 Å². The van der Waals surface area contributed by atoms with Gasteiger partial charge in [0.25, 0.3) is 5.91 Å². The van der Waals surface area contributed by atoms with Gasteiger partial charge in [0.15, 0.2) is 0 Å². The maximum atomic E-state index is 13.6. The van der Waals surface area contributed by atoms with Crippen LogP contribution >= 0.6 is 11.6 Å². The molecule has 2 rings (SSSR count). The highest BCUT2D eigenvalue weighted by molar-refractivity contribution is 6.30. The van der Waals surface area contributed by atoms with Crippen LogP contribution in [0.3, 0.4) is 0 Å². The quantitative estimate of drug-likeness (QED) is 0.701. The first-order valence-corrected chi connectivity index (χ1v) is 7.84. The van der Waals surface area contributed by atoms with E-state index in [1.54, 1.807) is 31.3 Å². The SMILES string of the molecule is CN(CCCCOc1ccc(Cl)cc1)C(=O)c1ccccc1F. The van der Waals surface area contributed by atoms with Gasteiger partial charge in [-0.05, 0) is 49.2 Å². The Balaban J connectivity index is 1.70. The summed E-state index contributed by atoms with van der Waals surface area (Å²) in [5.74, 6) is -0.0256. The Morgan fingerprint density at radius 3 is 2.52 bits per heavy atom. The smallest absolute Gasteiger partial charge is 0.256 e. The number of unbranched alkanes of at least 4 members (excludes halogenated alkanes) is 1. The number of amides is 1. The molecule has 0 aliphatic rings. The van der Waals surface area contributed by atoms with E-state index >= 15 is 0 Å². The van der Waals surface area contributed by atoms with Crippen LogP contribution in [0.15, 0.2) is 48.5 Å². The minimum atomic E-state index is -0.490. The van der Waals surface area contributed by atoms with Crippen molar-refractivity contribution in [3.05, 3.63) is 64.9 Å². The first-order valence-electron chi connectivity index (χ1n) is 7.46. The normalized spacial score (nSPS) is 10.4. The summed E-state index contributed by atoms with van der Waals surface area (Å²) in [4.78, 5) is 13.7. The Morgan fingerprint density at radius 2 is 1.83 bits per heavy atom. The molecule has 5 heteroatoms. The molecule has 0 atom stereocenters. The van der Waals surface area contributed by atoms with E-state index in [1.165, 1.54) is 17.0 Å². The van der Waals surface area contributed by atoms with E-state index in [0.717, 1.165) is 18.6 Å². The number of ether oxygens (including phenoxy) is 1. The predicted octanol–water partition coefficient (Wildman–Crippen LogP) is 4.41. The number of hydrogen-bond acceptors (Lipinski definition) is 2. The number of carbonyl (C=O) groups is 1. The summed E-state index contributed by atoms with van der Waals surface area (Å²) in [5.41, 5.74) is 0.104. The zero-order valence-electron chi connectivity index (χ0n) is 13.0. The standard InChI is InChI=1S/C18H19ClFNO2/c1-21(18(22)16-6-2-3-7-17(16)20)12-4-5-13-23-15-10-8-14(19)9-11-15/h2-3,6-11H,4-5,12-13H2,1H3. The summed E-state index contributed by atoms with van der Waals surface area (Å²) in [6, 6.07) is 13.2. The summed E-state index contributed by atoms with van der Waals surface area (Å²) in [6.45, 7) is 1.11. The lowest BCUT2D eigenvalue weighted by Gasteiger charge is -2.17. The number of benzene rings is 2. The Kier molecular flexibility index (Phi) is 6.41. The van der Waals surface area contributed by atoms with Crippen molar-refractivity contribution in [2.45, 2.75) is 12.8 Å². The van der Waals surface area contributed by atoms with Crippen molar-refractivity contribution in [3.8, 4) is 5.75 Å². The van der Waals surface area contributed by atoms with Crippen molar-refractivity contribution in [2.75, 3.05) is 20.2 Å². The lowest BCUT2D eigenvalue weighted by molar-refractivity contribution is 0.0786. The first-order chi connectivity index (χ1) is 11.1. The van der Waals surface area contributed by atoms with Gasteiger partial charge < -0.3 is 9.64 Å². The summed E-state index contributed by atoms with van der Waals surface area (Å²) >= 11 is 5.80. The average molecular weight is 336 g/mol. The second kappa shape index (κ2) is 8.53. The van der Waals surface area contributed by atoms with Gasteiger partial charge >= 0.3 is 0 Å². The number of rotatable bonds is 7. The van der Waals surface area contributed by atoms with Crippen LogP contribution in [0.4, 0.5) is 4.39 Å². The molecule has 0 N–H and O–H groups in total. The van der Waals surface area contributed by atoms with Crippen molar-refractivity contribution in [1.82, 2.24) is 4.90 Å². The third-order valence-corrected chi connectivity index (χ3v) is 3.67. The molecule has 0 heterocycles. The van der Waals surface area contributed by atoms with Gasteiger partial charge in [-0.1, -0.05) is 23.7 Å². The highest BCUT2D eigenvalue weighted by Gasteiger charge is 2.14. The second-order valence-corrected chi connectivity index (χ2v) is 5.65. The van der Waals surface area contributed by atoms with Gasteiger partial charge in [0.05, 0.1) is 12.2 Å². The van der Waals surface area contributed by atoms with E-state index < -0.39 is 5.82 Å². The number of nitrogens with zero attached hydrogens (tertiary/aromatic N) is 1. The van der Waals surface area contributed by atoms with Crippen LogP contribution in [0.25, 0.3) is 0 Å². The van der Waals surface area contributed by atoms with Crippen molar-refractivity contribution < 1.29 is 13.9 Å². The van der Waals surface area contributed by atoms with Crippen molar-refractivity contribution in [2.24, 2.45) is 0 Å². The third-order valence-electron chi connectivity index (χ3n) is 3.42. The van der Waals surface area contributed by atoms with E-state index in [1.807, 2.05) is 12.1 Å². The minimum Gasteiger partial charge on any atom is -0.494 e. The molecule has 3 nitrogen and oxygen atoms in total. The number of halogens is 2. The highest BCUT2D eigenvalue weighted by Crippen LogP contribution is 2.16. The van der Waals surface area contributed by atoms with Crippen LogP contribution in [0, 0.1) is 5.82 Å². The molecule has 0 saturated carbocycles. The van der Waals surface area contributed by atoms with Gasteiger partial charge in [0.2, 0.25) is 0 Å². The Labute approximate surface area is 140 Å². The molecule has 0 aromatic heterocycles. The molecule has 122 valence electrons. The Morgan fingerprint density at radius 1 is 1.13 bits per heavy atom. The average Bonchev–Trinajstić information content (AvgIpc) is 2.56. The molecular formula is C18H19ClFNO2. The molecule has 2 aromatic carbocycles. The van der Waals surface area contributed by atoms with Gasteiger partial charge in [-0.3, -0.25) is 4.79 Å². The fourth-order valence-electron chi connectivity index (χ4n) is 2.11. The molecular weight excluding hydrogens is 317 g/mol. The summed E-state index contributed by atoms with van der Waals surface area (Å²) < 4.78 is 19.2. The zero-order valence-corrected chi connectivity index (χ0v) is 13.7. The van der Waals surface area contributed by atoms with Gasteiger partial charge in [-0.25, -0.2) is 4.39 Å². The van der Waals surface area contributed by atoms with Gasteiger partial charge in [-0.15, -0.1) is 0 Å². The summed E-state index contributed by atoms with van der Waals surface area (Å²) in [6.07, 6.45) is 1.59. The largest absolute Gasteiger partial charge is 0.494 e. The van der Waals surface area contributed by atoms with E-state index in [0.29, 0.717) is 18.2 Å². The van der Waals surface area contributed by atoms with Crippen molar-refractivity contribution >= 4 is 17.5 Å². The van der Waals surface area contributed by atoms with E-state index in [-0.39, 0.29) is 11.5 Å². The molecule has 0 aliphatic carbocycles. The molecule has 0 unspecified atom stereocenters. The monoisotopic (exact) mass is 335 g/mol. The summed E-state index contributed by atoms with van der Waals surface area (Å²) in [7, 11) is 1.68. The molecule has 1 amide bonds. The maximum Gasteiger partial charge on any atom is 0.256 e. The molecule has 0 bridgehead atoms. The van der Waals surface area contributed by atoms with Crippen LogP contribution in [-0.2, 0) is 0 Å². The van der Waals surface area contributed by atoms with Crippen molar-refractivity contribution in [1.29, 1.82) is 0 Å². The van der Waals surface area contributed by atoms with E-state index in [2.05, 4.69) is 0 Å². The lowest BCUT2D eigenvalue weighted by atomic mass is 10.2. The van der Waals surface area contributed by atoms with Crippen LogP contribution < -0.4 is 4.74 Å². The topological polar surface area (TPSA) is 29.5 Å². The predicted molar refractivity (Wildman–Crippen MR) is 89.5 cm³/mol. The molecule has 0 spiro atoms. The molecule has 0 aliphatic heterocycles. The second-order valence-electron chi connectivity index (χ2n) is 5.22. The molecule has 0 radical (unpaired) electrons. The maximum absolute atomic E-state index is 13.6. The lowest BCUT2D eigenvalue weighted by Crippen LogP contribution is -2.28. The highest BCUT2D eigenvalue weighted by atomic mass is 35.5.